The fraction of sp³-hybridized carbons (Fsp3) is 0.154. The summed E-state index contributed by atoms with van der Waals surface area (Å²) in [6, 6.07) is 7.62. The van der Waals surface area contributed by atoms with E-state index in [0.29, 0.717) is 23.6 Å². The predicted octanol–water partition coefficient (Wildman–Crippen LogP) is 3.15. The van der Waals surface area contributed by atoms with E-state index in [1.54, 1.807) is 6.33 Å². The SMILES string of the molecule is CCOc1ccccc1Nc1nc(Cl)nc2nc[nH]c12. The summed E-state index contributed by atoms with van der Waals surface area (Å²) < 4.78 is 5.57. The second-order valence-corrected chi connectivity index (χ2v) is 4.33. The maximum atomic E-state index is 5.90. The molecule has 2 N–H and O–H groups in total. The van der Waals surface area contributed by atoms with E-state index < -0.39 is 0 Å². The van der Waals surface area contributed by atoms with Gasteiger partial charge in [0.1, 0.15) is 11.3 Å². The van der Waals surface area contributed by atoms with Crippen LogP contribution in [-0.4, -0.2) is 26.5 Å². The number of fused-ring (bicyclic) bond motifs is 1. The molecule has 0 atom stereocenters. The summed E-state index contributed by atoms with van der Waals surface area (Å²) in [4.78, 5) is 15.3. The Balaban J connectivity index is 2.03. The Bertz CT molecular complexity index is 742. The molecule has 0 fully saturated rings. The van der Waals surface area contributed by atoms with Crippen molar-refractivity contribution in [3.05, 3.63) is 35.9 Å². The molecule has 0 saturated carbocycles. The van der Waals surface area contributed by atoms with Crippen LogP contribution in [0.3, 0.4) is 0 Å². The van der Waals surface area contributed by atoms with E-state index in [1.165, 1.54) is 0 Å². The summed E-state index contributed by atoms with van der Waals surface area (Å²) in [5.41, 5.74) is 2.02. The van der Waals surface area contributed by atoms with Gasteiger partial charge in [-0.15, -0.1) is 0 Å². The number of benzene rings is 1. The Kier molecular flexibility index (Phi) is 3.39. The standard InChI is InChI=1S/C13H12ClN5O/c1-2-20-9-6-4-3-5-8(9)17-12-10-11(16-7-15-10)18-13(14)19-12/h3-7H,2H2,1H3,(H2,15,16,17,18,19). The van der Waals surface area contributed by atoms with Crippen molar-refractivity contribution in [2.75, 3.05) is 11.9 Å². The largest absolute Gasteiger partial charge is 0.492 e. The topological polar surface area (TPSA) is 75.7 Å². The van der Waals surface area contributed by atoms with Crippen LogP contribution < -0.4 is 10.1 Å². The zero-order valence-corrected chi connectivity index (χ0v) is 11.5. The van der Waals surface area contributed by atoms with Crippen molar-refractivity contribution in [2.45, 2.75) is 6.92 Å². The van der Waals surface area contributed by atoms with Gasteiger partial charge in [-0.25, -0.2) is 4.98 Å². The first-order valence-electron chi connectivity index (χ1n) is 6.13. The smallest absolute Gasteiger partial charge is 0.226 e. The van der Waals surface area contributed by atoms with Crippen molar-refractivity contribution in [3.8, 4) is 5.75 Å². The maximum Gasteiger partial charge on any atom is 0.226 e. The van der Waals surface area contributed by atoms with Crippen LogP contribution in [0.25, 0.3) is 11.2 Å². The monoisotopic (exact) mass is 289 g/mol. The first-order chi connectivity index (χ1) is 9.78. The first kappa shape index (κ1) is 12.7. The number of nitrogens with one attached hydrogen (secondary N) is 2. The van der Waals surface area contributed by atoms with E-state index in [0.717, 1.165) is 11.4 Å². The van der Waals surface area contributed by atoms with Gasteiger partial charge >= 0.3 is 0 Å². The summed E-state index contributed by atoms with van der Waals surface area (Å²) in [5, 5.41) is 3.34. The van der Waals surface area contributed by atoms with E-state index in [2.05, 4.69) is 25.3 Å². The predicted molar refractivity (Wildman–Crippen MR) is 77.6 cm³/mol. The van der Waals surface area contributed by atoms with Crippen molar-refractivity contribution in [1.29, 1.82) is 0 Å². The van der Waals surface area contributed by atoms with Crippen molar-refractivity contribution in [3.63, 3.8) is 0 Å². The fourth-order valence-corrected chi connectivity index (χ4v) is 2.04. The highest BCUT2D eigenvalue weighted by molar-refractivity contribution is 6.28. The molecule has 3 aromatic rings. The number of rotatable bonds is 4. The highest BCUT2D eigenvalue weighted by Crippen LogP contribution is 2.29. The molecule has 7 heteroatoms. The minimum absolute atomic E-state index is 0.140. The number of aromatic amines is 1. The van der Waals surface area contributed by atoms with Gasteiger partial charge in [0.25, 0.3) is 0 Å². The number of H-pyrrole nitrogens is 1. The van der Waals surface area contributed by atoms with E-state index in [1.807, 2.05) is 31.2 Å². The van der Waals surface area contributed by atoms with Crippen LogP contribution in [0.2, 0.25) is 5.28 Å². The Morgan fingerprint density at radius 2 is 2.15 bits per heavy atom. The van der Waals surface area contributed by atoms with Crippen LogP contribution in [0.1, 0.15) is 6.92 Å². The molecule has 0 saturated heterocycles. The zero-order valence-electron chi connectivity index (χ0n) is 10.7. The van der Waals surface area contributed by atoms with Gasteiger partial charge in [-0.3, -0.25) is 0 Å². The molecule has 1 aromatic carbocycles. The summed E-state index contributed by atoms with van der Waals surface area (Å²) in [7, 11) is 0. The second kappa shape index (κ2) is 5.34. The van der Waals surface area contributed by atoms with Gasteiger partial charge < -0.3 is 15.0 Å². The lowest BCUT2D eigenvalue weighted by Crippen LogP contribution is -2.00. The molecule has 0 bridgehead atoms. The minimum atomic E-state index is 0.140. The molecule has 6 nitrogen and oxygen atoms in total. The quantitative estimate of drug-likeness (QED) is 0.722. The van der Waals surface area contributed by atoms with Gasteiger partial charge in [0.05, 0.1) is 18.6 Å². The number of ether oxygens (including phenoxy) is 1. The number of nitrogens with zero attached hydrogens (tertiary/aromatic N) is 3. The van der Waals surface area contributed by atoms with Crippen molar-refractivity contribution in [1.82, 2.24) is 19.9 Å². The fourth-order valence-electron chi connectivity index (χ4n) is 1.88. The van der Waals surface area contributed by atoms with E-state index in [9.17, 15) is 0 Å². The van der Waals surface area contributed by atoms with Gasteiger partial charge in [0, 0.05) is 0 Å². The average molecular weight is 290 g/mol. The highest BCUT2D eigenvalue weighted by atomic mass is 35.5. The third kappa shape index (κ3) is 2.37. The molecule has 0 amide bonds. The summed E-state index contributed by atoms with van der Waals surface area (Å²) in [6.45, 7) is 2.52. The zero-order chi connectivity index (χ0) is 13.9. The molecule has 2 aromatic heterocycles. The number of aromatic nitrogens is 4. The number of halogens is 1. The number of hydrogen-bond acceptors (Lipinski definition) is 5. The van der Waals surface area contributed by atoms with E-state index >= 15 is 0 Å². The average Bonchev–Trinajstić information content (AvgIpc) is 2.89. The number of hydrogen-bond donors (Lipinski definition) is 2. The number of imidazole rings is 1. The lowest BCUT2D eigenvalue weighted by Gasteiger charge is -2.11. The Morgan fingerprint density at radius 3 is 3.00 bits per heavy atom. The summed E-state index contributed by atoms with van der Waals surface area (Å²) in [5.74, 6) is 1.31. The summed E-state index contributed by atoms with van der Waals surface area (Å²) in [6.07, 6.45) is 1.55. The molecule has 3 rings (SSSR count). The molecule has 0 unspecified atom stereocenters. The van der Waals surface area contributed by atoms with E-state index in [-0.39, 0.29) is 5.28 Å². The van der Waals surface area contributed by atoms with Crippen molar-refractivity contribution >= 4 is 34.3 Å². The lowest BCUT2D eigenvalue weighted by atomic mass is 10.3. The minimum Gasteiger partial charge on any atom is -0.492 e. The third-order valence-electron chi connectivity index (χ3n) is 2.70. The lowest BCUT2D eigenvalue weighted by molar-refractivity contribution is 0.342. The van der Waals surface area contributed by atoms with Crippen LogP contribution >= 0.6 is 11.6 Å². The van der Waals surface area contributed by atoms with Crippen molar-refractivity contribution < 1.29 is 4.74 Å². The molecule has 0 aliphatic carbocycles. The highest BCUT2D eigenvalue weighted by Gasteiger charge is 2.11. The first-order valence-corrected chi connectivity index (χ1v) is 6.51. The number of para-hydroxylation sites is 2. The molecular weight excluding hydrogens is 278 g/mol. The van der Waals surface area contributed by atoms with Gasteiger partial charge in [-0.1, -0.05) is 12.1 Å². The van der Waals surface area contributed by atoms with Gasteiger partial charge in [0.15, 0.2) is 11.5 Å². The Morgan fingerprint density at radius 1 is 1.30 bits per heavy atom. The van der Waals surface area contributed by atoms with Crippen LogP contribution in [0.4, 0.5) is 11.5 Å². The third-order valence-corrected chi connectivity index (χ3v) is 2.87. The van der Waals surface area contributed by atoms with Gasteiger partial charge in [-0.2, -0.15) is 9.97 Å². The number of anilines is 2. The van der Waals surface area contributed by atoms with Crippen LogP contribution in [-0.2, 0) is 0 Å². The van der Waals surface area contributed by atoms with Crippen LogP contribution in [0, 0.1) is 0 Å². The molecule has 0 aliphatic heterocycles. The molecule has 102 valence electrons. The van der Waals surface area contributed by atoms with Crippen LogP contribution in [0.15, 0.2) is 30.6 Å². The molecular formula is C13H12ClN5O. The second-order valence-electron chi connectivity index (χ2n) is 4.00. The molecule has 0 aliphatic rings. The van der Waals surface area contributed by atoms with Crippen LogP contribution in [0.5, 0.6) is 5.75 Å². The van der Waals surface area contributed by atoms with E-state index in [4.69, 9.17) is 16.3 Å². The van der Waals surface area contributed by atoms with Crippen molar-refractivity contribution in [2.24, 2.45) is 0 Å². The van der Waals surface area contributed by atoms with Gasteiger partial charge in [0.2, 0.25) is 5.28 Å². The normalized spacial score (nSPS) is 10.7. The Labute approximate surface area is 120 Å². The molecule has 20 heavy (non-hydrogen) atoms. The Hall–Kier alpha value is -2.34. The van der Waals surface area contributed by atoms with Gasteiger partial charge in [-0.05, 0) is 30.7 Å². The molecule has 0 spiro atoms. The molecule has 0 radical (unpaired) electrons. The summed E-state index contributed by atoms with van der Waals surface area (Å²) >= 11 is 5.90. The maximum absolute atomic E-state index is 5.90. The molecule has 2 heterocycles.